The Hall–Kier alpha value is -1.40. The lowest BCUT2D eigenvalue weighted by Crippen LogP contribution is -2.41. The minimum Gasteiger partial charge on any atom is -0.494 e. The standard InChI is InChI=1S/C15H20F2N2O2.ClH/c1-3-21-13-7-5-4-6-11(13)10(2)19-14(20)12-8-15(16,17)9-18-12;/h4-7,10,12,18H,3,8-9H2,1-2H3,(H,19,20);1H. The number of hydrogen-bond donors (Lipinski definition) is 2. The van der Waals surface area contributed by atoms with Crippen molar-refractivity contribution in [2.75, 3.05) is 13.2 Å². The van der Waals surface area contributed by atoms with Gasteiger partial charge in [0.05, 0.1) is 25.2 Å². The van der Waals surface area contributed by atoms with Gasteiger partial charge in [-0.15, -0.1) is 12.4 Å². The van der Waals surface area contributed by atoms with Gasteiger partial charge in [-0.05, 0) is 19.9 Å². The number of para-hydroxylation sites is 1. The molecule has 124 valence electrons. The third kappa shape index (κ3) is 4.55. The second-order valence-electron chi connectivity index (χ2n) is 5.19. The Labute approximate surface area is 135 Å². The summed E-state index contributed by atoms with van der Waals surface area (Å²) in [5.74, 6) is -2.53. The molecule has 1 aromatic carbocycles. The summed E-state index contributed by atoms with van der Waals surface area (Å²) in [5.41, 5.74) is 0.831. The predicted molar refractivity (Wildman–Crippen MR) is 82.8 cm³/mol. The van der Waals surface area contributed by atoms with E-state index in [4.69, 9.17) is 4.74 Å². The van der Waals surface area contributed by atoms with Gasteiger partial charge in [-0.25, -0.2) is 8.78 Å². The van der Waals surface area contributed by atoms with E-state index >= 15 is 0 Å². The normalized spacial score (nSPS) is 20.8. The van der Waals surface area contributed by atoms with Gasteiger partial charge < -0.3 is 10.1 Å². The van der Waals surface area contributed by atoms with Crippen LogP contribution in [0.1, 0.15) is 31.9 Å². The van der Waals surface area contributed by atoms with Crippen LogP contribution in [0.4, 0.5) is 8.78 Å². The van der Waals surface area contributed by atoms with Gasteiger partial charge in [0.15, 0.2) is 0 Å². The lowest BCUT2D eigenvalue weighted by molar-refractivity contribution is -0.124. The number of amides is 1. The van der Waals surface area contributed by atoms with E-state index in [1.54, 1.807) is 0 Å². The number of carbonyl (C=O) groups is 1. The molecule has 1 aliphatic heterocycles. The van der Waals surface area contributed by atoms with Crippen molar-refractivity contribution in [1.82, 2.24) is 10.6 Å². The Bertz CT molecular complexity index is 514. The highest BCUT2D eigenvalue weighted by Gasteiger charge is 2.42. The van der Waals surface area contributed by atoms with Gasteiger partial charge in [0.25, 0.3) is 5.92 Å². The van der Waals surface area contributed by atoms with Crippen LogP contribution in [-0.4, -0.2) is 31.0 Å². The molecule has 0 saturated carbocycles. The first-order valence-electron chi connectivity index (χ1n) is 7.06. The summed E-state index contributed by atoms with van der Waals surface area (Å²) in [7, 11) is 0. The first-order valence-corrected chi connectivity index (χ1v) is 7.06. The van der Waals surface area contributed by atoms with Gasteiger partial charge in [-0.3, -0.25) is 10.1 Å². The summed E-state index contributed by atoms with van der Waals surface area (Å²) in [4.78, 5) is 12.0. The molecule has 1 saturated heterocycles. The van der Waals surface area contributed by atoms with E-state index in [2.05, 4.69) is 10.6 Å². The molecule has 2 N–H and O–H groups in total. The topological polar surface area (TPSA) is 50.4 Å². The number of carbonyl (C=O) groups excluding carboxylic acids is 1. The highest BCUT2D eigenvalue weighted by molar-refractivity contribution is 5.85. The van der Waals surface area contributed by atoms with Crippen molar-refractivity contribution in [2.24, 2.45) is 0 Å². The van der Waals surface area contributed by atoms with Gasteiger partial charge >= 0.3 is 0 Å². The van der Waals surface area contributed by atoms with Crippen molar-refractivity contribution >= 4 is 18.3 Å². The molecule has 22 heavy (non-hydrogen) atoms. The fourth-order valence-electron chi connectivity index (χ4n) is 2.42. The summed E-state index contributed by atoms with van der Waals surface area (Å²) >= 11 is 0. The Kier molecular flexibility index (Phi) is 6.56. The minimum atomic E-state index is -2.81. The molecule has 0 spiro atoms. The fourth-order valence-corrected chi connectivity index (χ4v) is 2.42. The van der Waals surface area contributed by atoms with Crippen LogP contribution in [0.15, 0.2) is 24.3 Å². The van der Waals surface area contributed by atoms with Crippen LogP contribution in [0.25, 0.3) is 0 Å². The van der Waals surface area contributed by atoms with Crippen LogP contribution in [0, 0.1) is 0 Å². The second-order valence-corrected chi connectivity index (χ2v) is 5.19. The minimum absolute atomic E-state index is 0. The van der Waals surface area contributed by atoms with Gasteiger partial charge in [0.1, 0.15) is 5.75 Å². The largest absolute Gasteiger partial charge is 0.494 e. The molecule has 1 aromatic rings. The van der Waals surface area contributed by atoms with Crippen molar-refractivity contribution in [2.45, 2.75) is 38.3 Å². The van der Waals surface area contributed by atoms with Crippen LogP contribution in [-0.2, 0) is 4.79 Å². The van der Waals surface area contributed by atoms with E-state index in [1.807, 2.05) is 38.1 Å². The SMILES string of the molecule is CCOc1ccccc1C(C)NC(=O)C1CC(F)(F)CN1.Cl. The molecule has 1 heterocycles. The number of ether oxygens (including phenoxy) is 1. The predicted octanol–water partition coefficient (Wildman–Crippen LogP) is 2.68. The highest BCUT2D eigenvalue weighted by Crippen LogP contribution is 2.27. The molecule has 2 rings (SSSR count). The van der Waals surface area contributed by atoms with Crippen LogP contribution < -0.4 is 15.4 Å². The number of nitrogens with one attached hydrogen (secondary N) is 2. The lowest BCUT2D eigenvalue weighted by atomic mass is 10.1. The van der Waals surface area contributed by atoms with Crippen molar-refractivity contribution in [1.29, 1.82) is 0 Å². The van der Waals surface area contributed by atoms with Crippen LogP contribution in [0.2, 0.25) is 0 Å². The molecule has 2 atom stereocenters. The van der Waals surface area contributed by atoms with Crippen molar-refractivity contribution in [3.63, 3.8) is 0 Å². The zero-order valence-electron chi connectivity index (χ0n) is 12.6. The molecule has 0 aliphatic carbocycles. The average Bonchev–Trinajstić information content (AvgIpc) is 2.80. The van der Waals surface area contributed by atoms with Crippen molar-refractivity contribution in [3.8, 4) is 5.75 Å². The zero-order valence-corrected chi connectivity index (χ0v) is 13.4. The molecule has 0 aromatic heterocycles. The van der Waals surface area contributed by atoms with Gasteiger partial charge in [0, 0.05) is 12.0 Å². The highest BCUT2D eigenvalue weighted by atomic mass is 35.5. The molecular weight excluding hydrogens is 314 g/mol. The lowest BCUT2D eigenvalue weighted by Gasteiger charge is -2.20. The number of rotatable bonds is 5. The zero-order chi connectivity index (χ0) is 15.5. The smallest absolute Gasteiger partial charge is 0.262 e. The molecule has 1 amide bonds. The summed E-state index contributed by atoms with van der Waals surface area (Å²) < 4.78 is 31.7. The van der Waals surface area contributed by atoms with Crippen LogP contribution in [0.5, 0.6) is 5.75 Å². The Balaban J connectivity index is 0.00000242. The van der Waals surface area contributed by atoms with E-state index in [0.29, 0.717) is 12.4 Å². The first-order chi connectivity index (χ1) is 9.93. The van der Waals surface area contributed by atoms with E-state index in [9.17, 15) is 13.6 Å². The monoisotopic (exact) mass is 334 g/mol. The number of halogens is 3. The molecule has 2 unspecified atom stereocenters. The maximum Gasteiger partial charge on any atom is 0.262 e. The van der Waals surface area contributed by atoms with Crippen molar-refractivity contribution < 1.29 is 18.3 Å². The molecule has 1 aliphatic rings. The summed E-state index contributed by atoms with van der Waals surface area (Å²) in [6, 6.07) is 6.22. The number of hydrogen-bond acceptors (Lipinski definition) is 3. The molecular formula is C15H21ClF2N2O2. The number of benzene rings is 1. The fraction of sp³-hybridized carbons (Fsp3) is 0.533. The summed E-state index contributed by atoms with van der Waals surface area (Å²) in [6.45, 7) is 3.76. The van der Waals surface area contributed by atoms with Gasteiger partial charge in [-0.1, -0.05) is 18.2 Å². The maximum absolute atomic E-state index is 13.1. The van der Waals surface area contributed by atoms with E-state index in [1.165, 1.54) is 0 Å². The average molecular weight is 335 g/mol. The van der Waals surface area contributed by atoms with E-state index in [-0.39, 0.29) is 18.4 Å². The van der Waals surface area contributed by atoms with Crippen LogP contribution in [0.3, 0.4) is 0 Å². The van der Waals surface area contributed by atoms with Crippen molar-refractivity contribution in [3.05, 3.63) is 29.8 Å². The molecule has 1 fully saturated rings. The van der Waals surface area contributed by atoms with E-state index in [0.717, 1.165) is 5.56 Å². The Morgan fingerprint density at radius 3 is 2.77 bits per heavy atom. The first kappa shape index (κ1) is 18.6. The second kappa shape index (κ2) is 7.74. The summed E-state index contributed by atoms with van der Waals surface area (Å²) in [6.07, 6.45) is -0.460. The number of alkyl halides is 2. The molecule has 7 heteroatoms. The third-order valence-electron chi connectivity index (χ3n) is 3.47. The van der Waals surface area contributed by atoms with Gasteiger partial charge in [0.2, 0.25) is 5.91 Å². The Morgan fingerprint density at radius 1 is 1.50 bits per heavy atom. The van der Waals surface area contributed by atoms with Gasteiger partial charge in [-0.2, -0.15) is 0 Å². The molecule has 0 radical (unpaired) electrons. The molecule has 0 bridgehead atoms. The van der Waals surface area contributed by atoms with E-state index < -0.39 is 30.8 Å². The van der Waals surface area contributed by atoms with Crippen LogP contribution >= 0.6 is 12.4 Å². The maximum atomic E-state index is 13.1. The summed E-state index contributed by atoms with van der Waals surface area (Å²) in [5, 5.41) is 5.31. The molecule has 4 nitrogen and oxygen atoms in total. The quantitative estimate of drug-likeness (QED) is 0.870. The third-order valence-corrected chi connectivity index (χ3v) is 3.47. The Morgan fingerprint density at radius 2 is 2.18 bits per heavy atom.